The molecule has 0 fully saturated rings. The van der Waals surface area contributed by atoms with Gasteiger partial charge < -0.3 is 15.5 Å². The van der Waals surface area contributed by atoms with E-state index in [1.807, 2.05) is 36.2 Å². The number of amides is 1. The van der Waals surface area contributed by atoms with Crippen molar-refractivity contribution in [1.29, 1.82) is 0 Å². The van der Waals surface area contributed by atoms with Crippen LogP contribution < -0.4 is 15.5 Å². The zero-order valence-corrected chi connectivity index (χ0v) is 13.7. The van der Waals surface area contributed by atoms with Gasteiger partial charge in [0.1, 0.15) is 0 Å². The summed E-state index contributed by atoms with van der Waals surface area (Å²) in [4.78, 5) is 17.6. The van der Waals surface area contributed by atoms with Gasteiger partial charge in [-0.05, 0) is 24.6 Å². The standard InChI is InChI=1S/C16H22N6O/c1-4-5-9-22(3)16-20-15(11-17-21-16)19-14-8-6-7-13(10-14)18-12(2)23/h6-8,10-11H,4-5,9H2,1-3H3,(H,18,23)(H,19,20,21). The normalized spacial score (nSPS) is 10.2. The minimum Gasteiger partial charge on any atom is -0.343 e. The van der Waals surface area contributed by atoms with Crippen LogP contribution in [0.15, 0.2) is 30.5 Å². The maximum Gasteiger partial charge on any atom is 0.247 e. The van der Waals surface area contributed by atoms with Crippen molar-refractivity contribution in [3.8, 4) is 0 Å². The predicted molar refractivity (Wildman–Crippen MR) is 92.0 cm³/mol. The maximum atomic E-state index is 11.1. The van der Waals surface area contributed by atoms with Crippen LogP contribution in [0.5, 0.6) is 0 Å². The molecule has 23 heavy (non-hydrogen) atoms. The average molecular weight is 314 g/mol. The molecule has 1 aromatic heterocycles. The molecule has 2 aromatic rings. The molecule has 0 aliphatic rings. The summed E-state index contributed by atoms with van der Waals surface area (Å²) in [6, 6.07) is 7.42. The van der Waals surface area contributed by atoms with Crippen LogP contribution in [0.3, 0.4) is 0 Å². The number of hydrogen-bond donors (Lipinski definition) is 2. The van der Waals surface area contributed by atoms with Gasteiger partial charge in [-0.1, -0.05) is 19.4 Å². The van der Waals surface area contributed by atoms with Crippen LogP contribution in [0.25, 0.3) is 0 Å². The van der Waals surface area contributed by atoms with E-state index in [4.69, 9.17) is 0 Å². The molecular weight excluding hydrogens is 292 g/mol. The van der Waals surface area contributed by atoms with Gasteiger partial charge in [0.15, 0.2) is 5.82 Å². The van der Waals surface area contributed by atoms with Gasteiger partial charge in [-0.15, -0.1) is 5.10 Å². The van der Waals surface area contributed by atoms with Crippen molar-refractivity contribution in [2.24, 2.45) is 0 Å². The van der Waals surface area contributed by atoms with E-state index in [1.54, 1.807) is 6.20 Å². The minimum atomic E-state index is -0.106. The molecule has 1 heterocycles. The van der Waals surface area contributed by atoms with Crippen molar-refractivity contribution in [2.75, 3.05) is 29.1 Å². The molecule has 0 bridgehead atoms. The zero-order chi connectivity index (χ0) is 16.7. The van der Waals surface area contributed by atoms with Crippen LogP contribution in [-0.2, 0) is 4.79 Å². The lowest BCUT2D eigenvalue weighted by Gasteiger charge is -2.16. The first-order valence-corrected chi connectivity index (χ1v) is 7.64. The van der Waals surface area contributed by atoms with Gasteiger partial charge in [0.2, 0.25) is 11.9 Å². The highest BCUT2D eigenvalue weighted by atomic mass is 16.1. The first-order chi connectivity index (χ1) is 11.1. The van der Waals surface area contributed by atoms with Gasteiger partial charge in [-0.3, -0.25) is 4.79 Å². The van der Waals surface area contributed by atoms with Gasteiger partial charge in [0.05, 0.1) is 6.20 Å². The minimum absolute atomic E-state index is 0.106. The largest absolute Gasteiger partial charge is 0.343 e. The third-order valence-electron chi connectivity index (χ3n) is 3.19. The lowest BCUT2D eigenvalue weighted by Crippen LogP contribution is -2.21. The Morgan fingerprint density at radius 2 is 2.09 bits per heavy atom. The second-order valence-corrected chi connectivity index (χ2v) is 5.30. The summed E-state index contributed by atoms with van der Waals surface area (Å²) in [5.74, 6) is 1.09. The molecule has 1 amide bonds. The van der Waals surface area contributed by atoms with Gasteiger partial charge in [0, 0.05) is 31.9 Å². The first kappa shape index (κ1) is 16.7. The summed E-state index contributed by atoms with van der Waals surface area (Å²) < 4.78 is 0. The number of rotatable bonds is 7. The molecule has 0 unspecified atom stereocenters. The fraction of sp³-hybridized carbons (Fsp3) is 0.375. The zero-order valence-electron chi connectivity index (χ0n) is 13.7. The highest BCUT2D eigenvalue weighted by Gasteiger charge is 2.06. The molecule has 0 atom stereocenters. The Balaban J connectivity index is 2.09. The fourth-order valence-corrected chi connectivity index (χ4v) is 2.04. The maximum absolute atomic E-state index is 11.1. The van der Waals surface area contributed by atoms with Crippen molar-refractivity contribution in [3.63, 3.8) is 0 Å². The van der Waals surface area contributed by atoms with Crippen molar-refractivity contribution < 1.29 is 4.79 Å². The number of benzene rings is 1. The number of carbonyl (C=O) groups excluding carboxylic acids is 1. The Morgan fingerprint density at radius 1 is 1.30 bits per heavy atom. The van der Waals surface area contributed by atoms with E-state index in [0.29, 0.717) is 11.8 Å². The summed E-state index contributed by atoms with van der Waals surface area (Å²) in [6.07, 6.45) is 3.77. The Labute approximate surface area is 136 Å². The molecule has 0 radical (unpaired) electrons. The molecule has 122 valence electrons. The average Bonchev–Trinajstić information content (AvgIpc) is 2.52. The third-order valence-corrected chi connectivity index (χ3v) is 3.19. The van der Waals surface area contributed by atoms with Gasteiger partial charge in [0.25, 0.3) is 0 Å². The Bertz CT molecular complexity index is 661. The Hall–Kier alpha value is -2.70. The van der Waals surface area contributed by atoms with Crippen molar-refractivity contribution in [3.05, 3.63) is 30.5 Å². The highest BCUT2D eigenvalue weighted by molar-refractivity contribution is 5.89. The number of carbonyl (C=O) groups is 1. The van der Waals surface area contributed by atoms with Gasteiger partial charge in [-0.2, -0.15) is 10.1 Å². The predicted octanol–water partition coefficient (Wildman–Crippen LogP) is 2.81. The number of unbranched alkanes of at least 4 members (excludes halogenated alkanes) is 1. The quantitative estimate of drug-likeness (QED) is 0.817. The summed E-state index contributed by atoms with van der Waals surface area (Å²) >= 11 is 0. The lowest BCUT2D eigenvalue weighted by atomic mass is 10.2. The number of nitrogens with zero attached hydrogens (tertiary/aromatic N) is 4. The third kappa shape index (κ3) is 5.21. The van der Waals surface area contributed by atoms with Crippen LogP contribution in [-0.4, -0.2) is 34.7 Å². The van der Waals surface area contributed by atoms with Crippen molar-refractivity contribution >= 4 is 29.0 Å². The number of nitrogens with one attached hydrogen (secondary N) is 2. The molecule has 7 heteroatoms. The van der Waals surface area contributed by atoms with E-state index < -0.39 is 0 Å². The van der Waals surface area contributed by atoms with Crippen LogP contribution in [0.1, 0.15) is 26.7 Å². The summed E-state index contributed by atoms with van der Waals surface area (Å²) in [5.41, 5.74) is 1.55. The number of aromatic nitrogens is 3. The van der Waals surface area contributed by atoms with E-state index in [1.165, 1.54) is 6.92 Å². The van der Waals surface area contributed by atoms with Crippen LogP contribution in [0.4, 0.5) is 23.1 Å². The van der Waals surface area contributed by atoms with Gasteiger partial charge in [-0.25, -0.2) is 0 Å². The number of anilines is 4. The summed E-state index contributed by atoms with van der Waals surface area (Å²) in [5, 5.41) is 14.0. The lowest BCUT2D eigenvalue weighted by molar-refractivity contribution is -0.114. The molecule has 2 rings (SSSR count). The van der Waals surface area contributed by atoms with Crippen molar-refractivity contribution in [1.82, 2.24) is 15.2 Å². The second-order valence-electron chi connectivity index (χ2n) is 5.30. The van der Waals surface area contributed by atoms with Crippen LogP contribution in [0.2, 0.25) is 0 Å². The molecule has 1 aromatic carbocycles. The fourth-order valence-electron chi connectivity index (χ4n) is 2.04. The van der Waals surface area contributed by atoms with E-state index in [2.05, 4.69) is 32.7 Å². The molecule has 0 aliphatic carbocycles. The van der Waals surface area contributed by atoms with E-state index >= 15 is 0 Å². The Morgan fingerprint density at radius 3 is 2.83 bits per heavy atom. The van der Waals surface area contributed by atoms with Gasteiger partial charge >= 0.3 is 0 Å². The highest BCUT2D eigenvalue weighted by Crippen LogP contribution is 2.19. The Kier molecular flexibility index (Phi) is 5.85. The molecule has 7 nitrogen and oxygen atoms in total. The molecule has 0 saturated carbocycles. The molecular formula is C16H22N6O. The van der Waals surface area contributed by atoms with E-state index in [0.717, 1.165) is 30.8 Å². The molecule has 0 spiro atoms. The monoisotopic (exact) mass is 314 g/mol. The SMILES string of the molecule is CCCCN(C)c1nncc(Nc2cccc(NC(C)=O)c2)n1. The second kappa shape index (κ2) is 8.07. The first-order valence-electron chi connectivity index (χ1n) is 7.64. The van der Waals surface area contributed by atoms with Crippen LogP contribution >= 0.6 is 0 Å². The summed E-state index contributed by atoms with van der Waals surface area (Å²) in [6.45, 7) is 4.51. The van der Waals surface area contributed by atoms with E-state index in [-0.39, 0.29) is 5.91 Å². The molecule has 2 N–H and O–H groups in total. The number of hydrogen-bond acceptors (Lipinski definition) is 6. The summed E-state index contributed by atoms with van der Waals surface area (Å²) in [7, 11) is 1.95. The van der Waals surface area contributed by atoms with Crippen molar-refractivity contribution in [2.45, 2.75) is 26.7 Å². The van der Waals surface area contributed by atoms with E-state index in [9.17, 15) is 4.79 Å². The van der Waals surface area contributed by atoms with Crippen LogP contribution in [0, 0.1) is 0 Å². The molecule has 0 aliphatic heterocycles. The molecule has 0 saturated heterocycles. The smallest absolute Gasteiger partial charge is 0.247 e. The topological polar surface area (TPSA) is 83.0 Å².